The first-order valence-corrected chi connectivity index (χ1v) is 4.25. The molecule has 0 aliphatic carbocycles. The zero-order valence-electron chi connectivity index (χ0n) is 7.80. The molecule has 1 heterocycles. The maximum Gasteiger partial charge on any atom is 0.0366 e. The standard InChI is InChI=1S/C10H16N2/c1-4-5-8-11-12-9(2)6-7-10(12)3/h4,6-7,11H,1,5,8H2,2-3H3. The fourth-order valence-corrected chi connectivity index (χ4v) is 1.20. The molecule has 0 aliphatic heterocycles. The number of aryl methyl sites for hydroxylation is 2. The van der Waals surface area contributed by atoms with Crippen molar-refractivity contribution >= 4 is 0 Å². The molecule has 0 radical (unpaired) electrons. The van der Waals surface area contributed by atoms with E-state index in [0.717, 1.165) is 13.0 Å². The molecule has 1 aromatic heterocycles. The van der Waals surface area contributed by atoms with Gasteiger partial charge in [-0.15, -0.1) is 6.58 Å². The third-order valence-electron chi connectivity index (χ3n) is 1.89. The fraction of sp³-hybridized carbons (Fsp3) is 0.400. The van der Waals surface area contributed by atoms with Crippen LogP contribution in [0.15, 0.2) is 24.8 Å². The quantitative estimate of drug-likeness (QED) is 0.533. The minimum absolute atomic E-state index is 0.944. The van der Waals surface area contributed by atoms with Gasteiger partial charge < -0.3 is 5.43 Å². The molecule has 0 aromatic carbocycles. The monoisotopic (exact) mass is 164 g/mol. The maximum absolute atomic E-state index is 3.68. The van der Waals surface area contributed by atoms with Gasteiger partial charge in [0.05, 0.1) is 0 Å². The zero-order chi connectivity index (χ0) is 8.97. The Morgan fingerprint density at radius 3 is 2.50 bits per heavy atom. The van der Waals surface area contributed by atoms with Gasteiger partial charge in [0.15, 0.2) is 0 Å². The third-order valence-corrected chi connectivity index (χ3v) is 1.89. The Morgan fingerprint density at radius 2 is 2.00 bits per heavy atom. The lowest BCUT2D eigenvalue weighted by molar-refractivity contribution is 0.789. The van der Waals surface area contributed by atoms with Crippen molar-refractivity contribution in [2.45, 2.75) is 20.3 Å². The Bertz CT molecular complexity index is 241. The fourth-order valence-electron chi connectivity index (χ4n) is 1.20. The van der Waals surface area contributed by atoms with Gasteiger partial charge >= 0.3 is 0 Å². The van der Waals surface area contributed by atoms with E-state index in [2.05, 4.69) is 42.7 Å². The molecule has 0 saturated carbocycles. The van der Waals surface area contributed by atoms with Gasteiger partial charge in [0.2, 0.25) is 0 Å². The third kappa shape index (κ3) is 1.91. The summed E-state index contributed by atoms with van der Waals surface area (Å²) >= 11 is 0. The first-order valence-electron chi connectivity index (χ1n) is 4.25. The lowest BCUT2D eigenvalue weighted by atomic mass is 10.4. The Kier molecular flexibility index (Phi) is 2.97. The molecule has 0 bridgehead atoms. The van der Waals surface area contributed by atoms with E-state index >= 15 is 0 Å². The van der Waals surface area contributed by atoms with Gasteiger partial charge in [-0.25, -0.2) is 0 Å². The molecule has 1 N–H and O–H groups in total. The summed E-state index contributed by atoms with van der Waals surface area (Å²) in [5, 5.41) is 0. The van der Waals surface area contributed by atoms with Crippen LogP contribution in [0.4, 0.5) is 0 Å². The molecule has 1 rings (SSSR count). The summed E-state index contributed by atoms with van der Waals surface area (Å²) in [6, 6.07) is 4.21. The van der Waals surface area contributed by atoms with Crippen LogP contribution in [0.1, 0.15) is 17.8 Å². The number of hydrogen-bond acceptors (Lipinski definition) is 1. The minimum Gasteiger partial charge on any atom is -0.326 e. The molecule has 1 aromatic rings. The largest absolute Gasteiger partial charge is 0.326 e. The van der Waals surface area contributed by atoms with E-state index in [0.29, 0.717) is 0 Å². The summed E-state index contributed by atoms with van der Waals surface area (Å²) in [5.74, 6) is 0. The molecule has 0 aliphatic rings. The van der Waals surface area contributed by atoms with Crippen LogP contribution >= 0.6 is 0 Å². The van der Waals surface area contributed by atoms with Crippen LogP contribution in [0.5, 0.6) is 0 Å². The van der Waals surface area contributed by atoms with Gasteiger partial charge in [-0.05, 0) is 32.4 Å². The Morgan fingerprint density at radius 1 is 1.42 bits per heavy atom. The van der Waals surface area contributed by atoms with Crippen LogP contribution in [0.2, 0.25) is 0 Å². The molecular weight excluding hydrogens is 148 g/mol. The Hall–Kier alpha value is -1.18. The van der Waals surface area contributed by atoms with Gasteiger partial charge in [0.25, 0.3) is 0 Å². The average Bonchev–Trinajstić information content (AvgIpc) is 2.35. The van der Waals surface area contributed by atoms with Gasteiger partial charge in [-0.2, -0.15) is 0 Å². The highest BCUT2D eigenvalue weighted by atomic mass is 15.4. The molecule has 0 saturated heterocycles. The molecule has 0 amide bonds. The van der Waals surface area contributed by atoms with Crippen molar-refractivity contribution in [1.82, 2.24) is 4.68 Å². The highest BCUT2D eigenvalue weighted by Crippen LogP contribution is 2.03. The van der Waals surface area contributed by atoms with Crippen LogP contribution < -0.4 is 5.43 Å². The van der Waals surface area contributed by atoms with E-state index < -0.39 is 0 Å². The highest BCUT2D eigenvalue weighted by molar-refractivity contribution is 5.15. The second kappa shape index (κ2) is 4.00. The lowest BCUT2D eigenvalue weighted by Crippen LogP contribution is -2.17. The van der Waals surface area contributed by atoms with Crippen LogP contribution in [0.3, 0.4) is 0 Å². The van der Waals surface area contributed by atoms with Crippen LogP contribution in [-0.2, 0) is 0 Å². The van der Waals surface area contributed by atoms with Crippen molar-refractivity contribution < 1.29 is 0 Å². The Labute approximate surface area is 73.9 Å². The predicted molar refractivity (Wildman–Crippen MR) is 52.9 cm³/mol. The van der Waals surface area contributed by atoms with Crippen LogP contribution in [0, 0.1) is 13.8 Å². The van der Waals surface area contributed by atoms with E-state index in [4.69, 9.17) is 0 Å². The van der Waals surface area contributed by atoms with E-state index in [1.807, 2.05) is 6.08 Å². The molecule has 0 spiro atoms. The molecular formula is C10H16N2. The predicted octanol–water partition coefficient (Wildman–Crippen LogP) is 2.22. The van der Waals surface area contributed by atoms with E-state index in [-0.39, 0.29) is 0 Å². The van der Waals surface area contributed by atoms with Crippen molar-refractivity contribution in [3.8, 4) is 0 Å². The summed E-state index contributed by atoms with van der Waals surface area (Å²) in [7, 11) is 0. The minimum atomic E-state index is 0.944. The molecule has 0 atom stereocenters. The normalized spacial score (nSPS) is 9.83. The molecule has 2 nitrogen and oxygen atoms in total. The topological polar surface area (TPSA) is 17.0 Å². The van der Waals surface area contributed by atoms with E-state index in [1.165, 1.54) is 11.4 Å². The molecule has 12 heavy (non-hydrogen) atoms. The number of rotatable bonds is 4. The van der Waals surface area contributed by atoms with Gasteiger partial charge in [0.1, 0.15) is 0 Å². The molecule has 0 fully saturated rings. The first-order chi connectivity index (χ1) is 5.75. The summed E-state index contributed by atoms with van der Waals surface area (Å²) in [5.41, 5.74) is 5.80. The maximum atomic E-state index is 3.68. The molecule has 66 valence electrons. The Balaban J connectivity index is 2.55. The van der Waals surface area contributed by atoms with Crippen molar-refractivity contribution in [2.75, 3.05) is 12.0 Å². The summed E-state index contributed by atoms with van der Waals surface area (Å²) in [6.07, 6.45) is 2.91. The second-order valence-corrected chi connectivity index (χ2v) is 2.94. The summed E-state index contributed by atoms with van der Waals surface area (Å²) in [4.78, 5) is 0. The zero-order valence-corrected chi connectivity index (χ0v) is 7.80. The number of nitrogens with one attached hydrogen (secondary N) is 1. The SMILES string of the molecule is C=CCCNn1c(C)ccc1C. The summed E-state index contributed by atoms with van der Waals surface area (Å²) < 4.78 is 2.10. The molecule has 0 unspecified atom stereocenters. The van der Waals surface area contributed by atoms with Crippen LogP contribution in [-0.4, -0.2) is 11.2 Å². The second-order valence-electron chi connectivity index (χ2n) is 2.94. The van der Waals surface area contributed by atoms with Crippen molar-refractivity contribution in [3.63, 3.8) is 0 Å². The number of hydrogen-bond donors (Lipinski definition) is 1. The number of aromatic nitrogens is 1. The van der Waals surface area contributed by atoms with Crippen molar-refractivity contribution in [3.05, 3.63) is 36.2 Å². The summed E-state index contributed by atoms with van der Waals surface area (Å²) in [6.45, 7) is 8.80. The first kappa shape index (κ1) is 8.91. The van der Waals surface area contributed by atoms with Gasteiger partial charge in [0, 0.05) is 17.9 Å². The number of nitrogens with zero attached hydrogens (tertiary/aromatic N) is 1. The average molecular weight is 164 g/mol. The van der Waals surface area contributed by atoms with Gasteiger partial charge in [-0.3, -0.25) is 4.68 Å². The van der Waals surface area contributed by atoms with Gasteiger partial charge in [-0.1, -0.05) is 6.08 Å². The van der Waals surface area contributed by atoms with E-state index in [1.54, 1.807) is 0 Å². The molecule has 2 heteroatoms. The smallest absolute Gasteiger partial charge is 0.0366 e. The van der Waals surface area contributed by atoms with E-state index in [9.17, 15) is 0 Å². The van der Waals surface area contributed by atoms with Crippen LogP contribution in [0.25, 0.3) is 0 Å². The van der Waals surface area contributed by atoms with Crippen molar-refractivity contribution in [2.24, 2.45) is 0 Å². The highest BCUT2D eigenvalue weighted by Gasteiger charge is 1.97. The van der Waals surface area contributed by atoms with Crippen molar-refractivity contribution in [1.29, 1.82) is 0 Å². The lowest BCUT2D eigenvalue weighted by Gasteiger charge is -2.10.